The summed E-state index contributed by atoms with van der Waals surface area (Å²) in [6.45, 7) is 4.43. The monoisotopic (exact) mass is 265 g/mol. The number of rotatable bonds is 4. The van der Waals surface area contributed by atoms with Gasteiger partial charge in [0.15, 0.2) is 0 Å². The molecule has 1 fully saturated rings. The molecule has 1 unspecified atom stereocenters. The van der Waals surface area contributed by atoms with E-state index in [2.05, 4.69) is 66.8 Å². The van der Waals surface area contributed by atoms with Gasteiger partial charge in [-0.15, -0.1) is 0 Å². The largest absolute Gasteiger partial charge is 0.316 e. The van der Waals surface area contributed by atoms with E-state index in [1.165, 1.54) is 23.1 Å². The molecule has 1 N–H and O–H groups in total. The van der Waals surface area contributed by atoms with Gasteiger partial charge in [0.25, 0.3) is 0 Å². The lowest BCUT2D eigenvalue weighted by Gasteiger charge is -2.29. The first-order valence-electron chi connectivity index (χ1n) is 7.66. The Balaban J connectivity index is 1.90. The van der Waals surface area contributed by atoms with Crippen LogP contribution in [0.4, 0.5) is 0 Å². The van der Waals surface area contributed by atoms with Crippen LogP contribution in [0.15, 0.2) is 54.6 Å². The molecule has 3 rings (SSSR count). The summed E-state index contributed by atoms with van der Waals surface area (Å²) in [6.07, 6.45) is 3.48. The lowest BCUT2D eigenvalue weighted by Crippen LogP contribution is -2.31. The van der Waals surface area contributed by atoms with Crippen molar-refractivity contribution < 1.29 is 0 Å². The van der Waals surface area contributed by atoms with Crippen LogP contribution in [0.5, 0.6) is 0 Å². The fourth-order valence-corrected chi connectivity index (χ4v) is 3.32. The topological polar surface area (TPSA) is 12.0 Å². The number of benzene rings is 2. The maximum atomic E-state index is 3.56. The van der Waals surface area contributed by atoms with Crippen LogP contribution < -0.4 is 5.32 Å². The van der Waals surface area contributed by atoms with E-state index in [4.69, 9.17) is 0 Å². The Morgan fingerprint density at radius 2 is 1.70 bits per heavy atom. The second-order valence-corrected chi connectivity index (χ2v) is 5.92. The molecule has 0 spiro atoms. The molecule has 0 aromatic heterocycles. The summed E-state index contributed by atoms with van der Waals surface area (Å²) in [4.78, 5) is 0. The standard InChI is InChI=1S/C19H23N/c1-2-16-8-10-18(11-9-16)19(12-13-20-15-19)14-17-6-4-3-5-7-17/h3-11,20H,2,12-15H2,1H3. The van der Waals surface area contributed by atoms with Gasteiger partial charge in [0.2, 0.25) is 0 Å². The maximum Gasteiger partial charge on any atom is 0.0130 e. The summed E-state index contributed by atoms with van der Waals surface area (Å²) in [7, 11) is 0. The second-order valence-electron chi connectivity index (χ2n) is 5.92. The summed E-state index contributed by atoms with van der Waals surface area (Å²) in [5.41, 5.74) is 4.63. The fourth-order valence-electron chi connectivity index (χ4n) is 3.32. The summed E-state index contributed by atoms with van der Waals surface area (Å²) in [5, 5.41) is 3.56. The molecule has 1 saturated heterocycles. The third-order valence-electron chi connectivity index (χ3n) is 4.60. The average molecular weight is 265 g/mol. The van der Waals surface area contributed by atoms with E-state index in [9.17, 15) is 0 Å². The molecule has 20 heavy (non-hydrogen) atoms. The zero-order valence-electron chi connectivity index (χ0n) is 12.2. The molecule has 0 radical (unpaired) electrons. The smallest absolute Gasteiger partial charge is 0.0130 e. The molecular formula is C19H23N. The van der Waals surface area contributed by atoms with Gasteiger partial charge in [-0.25, -0.2) is 0 Å². The predicted octanol–water partition coefficient (Wildman–Crippen LogP) is 3.72. The number of aryl methyl sites for hydroxylation is 1. The van der Waals surface area contributed by atoms with Crippen molar-refractivity contribution in [1.29, 1.82) is 0 Å². The lowest BCUT2D eigenvalue weighted by molar-refractivity contribution is 0.467. The van der Waals surface area contributed by atoms with Crippen molar-refractivity contribution in [3.05, 3.63) is 71.3 Å². The van der Waals surface area contributed by atoms with E-state index in [0.29, 0.717) is 0 Å². The average Bonchev–Trinajstić information content (AvgIpc) is 2.98. The molecule has 0 bridgehead atoms. The number of nitrogens with one attached hydrogen (secondary N) is 1. The molecule has 1 heteroatoms. The van der Waals surface area contributed by atoms with Gasteiger partial charge in [0, 0.05) is 12.0 Å². The highest BCUT2D eigenvalue weighted by molar-refractivity contribution is 5.34. The lowest BCUT2D eigenvalue weighted by atomic mass is 9.74. The molecule has 1 aliphatic heterocycles. The quantitative estimate of drug-likeness (QED) is 0.888. The number of hydrogen-bond donors (Lipinski definition) is 1. The van der Waals surface area contributed by atoms with Gasteiger partial charge in [-0.2, -0.15) is 0 Å². The van der Waals surface area contributed by atoms with Crippen LogP contribution in [0.3, 0.4) is 0 Å². The van der Waals surface area contributed by atoms with Crippen molar-refractivity contribution in [2.45, 2.75) is 31.6 Å². The second kappa shape index (κ2) is 5.80. The van der Waals surface area contributed by atoms with Gasteiger partial charge in [-0.3, -0.25) is 0 Å². The molecule has 2 aromatic rings. The van der Waals surface area contributed by atoms with Gasteiger partial charge in [-0.05, 0) is 42.5 Å². The molecule has 1 atom stereocenters. The van der Waals surface area contributed by atoms with E-state index in [1.54, 1.807) is 0 Å². The highest BCUT2D eigenvalue weighted by Gasteiger charge is 2.35. The summed E-state index contributed by atoms with van der Waals surface area (Å²) < 4.78 is 0. The van der Waals surface area contributed by atoms with Gasteiger partial charge < -0.3 is 5.32 Å². The first-order valence-corrected chi connectivity index (χ1v) is 7.66. The minimum absolute atomic E-state index is 0.271. The summed E-state index contributed by atoms with van der Waals surface area (Å²) in [6, 6.07) is 20.2. The zero-order chi connectivity index (χ0) is 13.8. The molecule has 104 valence electrons. The highest BCUT2D eigenvalue weighted by Crippen LogP contribution is 2.34. The van der Waals surface area contributed by atoms with E-state index in [0.717, 1.165) is 25.9 Å². The predicted molar refractivity (Wildman–Crippen MR) is 85.1 cm³/mol. The zero-order valence-corrected chi connectivity index (χ0v) is 12.2. The molecule has 2 aromatic carbocycles. The van der Waals surface area contributed by atoms with Crippen LogP contribution in [0.1, 0.15) is 30.0 Å². The Kier molecular flexibility index (Phi) is 3.88. The third-order valence-corrected chi connectivity index (χ3v) is 4.60. The molecule has 0 aliphatic carbocycles. The first-order chi connectivity index (χ1) is 9.82. The Hall–Kier alpha value is -1.60. The van der Waals surface area contributed by atoms with Gasteiger partial charge in [-0.1, -0.05) is 61.5 Å². The molecule has 1 heterocycles. The van der Waals surface area contributed by atoms with Crippen molar-refractivity contribution in [1.82, 2.24) is 5.32 Å². The van der Waals surface area contributed by atoms with Crippen LogP contribution in [0, 0.1) is 0 Å². The summed E-state index contributed by atoms with van der Waals surface area (Å²) >= 11 is 0. The summed E-state index contributed by atoms with van der Waals surface area (Å²) in [5.74, 6) is 0. The number of hydrogen-bond acceptors (Lipinski definition) is 1. The first kappa shape index (κ1) is 13.4. The van der Waals surface area contributed by atoms with Crippen LogP contribution in [0.2, 0.25) is 0 Å². The minimum Gasteiger partial charge on any atom is -0.316 e. The molecule has 0 amide bonds. The Morgan fingerprint density at radius 1 is 0.950 bits per heavy atom. The van der Waals surface area contributed by atoms with Crippen LogP contribution >= 0.6 is 0 Å². The van der Waals surface area contributed by atoms with Crippen molar-refractivity contribution in [2.75, 3.05) is 13.1 Å². The van der Waals surface area contributed by atoms with Crippen LogP contribution in [0.25, 0.3) is 0 Å². The van der Waals surface area contributed by atoms with Gasteiger partial charge in [0.1, 0.15) is 0 Å². The van der Waals surface area contributed by atoms with Crippen molar-refractivity contribution in [2.24, 2.45) is 0 Å². The highest BCUT2D eigenvalue weighted by atomic mass is 14.9. The Labute approximate surface area is 122 Å². The van der Waals surface area contributed by atoms with E-state index < -0.39 is 0 Å². The third kappa shape index (κ3) is 2.64. The van der Waals surface area contributed by atoms with Crippen molar-refractivity contribution in [3.63, 3.8) is 0 Å². The van der Waals surface area contributed by atoms with E-state index >= 15 is 0 Å². The molecule has 1 nitrogen and oxygen atoms in total. The maximum absolute atomic E-state index is 3.56. The van der Waals surface area contributed by atoms with Crippen LogP contribution in [-0.2, 0) is 18.3 Å². The molecule has 1 aliphatic rings. The van der Waals surface area contributed by atoms with Crippen LogP contribution in [-0.4, -0.2) is 13.1 Å². The normalized spacial score (nSPS) is 22.1. The fraction of sp³-hybridized carbons (Fsp3) is 0.368. The van der Waals surface area contributed by atoms with E-state index in [1.807, 2.05) is 0 Å². The Bertz CT molecular complexity index is 536. The van der Waals surface area contributed by atoms with Gasteiger partial charge in [0.05, 0.1) is 0 Å². The molecular weight excluding hydrogens is 242 g/mol. The molecule has 0 saturated carbocycles. The SMILES string of the molecule is CCc1ccc(C2(Cc3ccccc3)CCNC2)cc1. The van der Waals surface area contributed by atoms with E-state index in [-0.39, 0.29) is 5.41 Å². The minimum atomic E-state index is 0.271. The van der Waals surface area contributed by atoms with Gasteiger partial charge >= 0.3 is 0 Å². The van der Waals surface area contributed by atoms with Crippen molar-refractivity contribution >= 4 is 0 Å². The Morgan fingerprint density at radius 3 is 2.30 bits per heavy atom. The van der Waals surface area contributed by atoms with Crippen molar-refractivity contribution in [3.8, 4) is 0 Å².